The van der Waals surface area contributed by atoms with Crippen LogP contribution >= 0.6 is 0 Å². The van der Waals surface area contributed by atoms with Crippen molar-refractivity contribution in [2.75, 3.05) is 13.1 Å². The summed E-state index contributed by atoms with van der Waals surface area (Å²) in [6.07, 6.45) is 4.55. The summed E-state index contributed by atoms with van der Waals surface area (Å²) >= 11 is 0. The quantitative estimate of drug-likeness (QED) is 0.731. The molecule has 0 N–H and O–H groups in total. The van der Waals surface area contributed by atoms with Gasteiger partial charge in [-0.2, -0.15) is 0 Å². The Bertz CT molecular complexity index is 755. The summed E-state index contributed by atoms with van der Waals surface area (Å²) in [6, 6.07) is 17.2. The Labute approximate surface area is 131 Å². The van der Waals surface area contributed by atoms with Crippen LogP contribution in [0.15, 0.2) is 54.7 Å². The molecule has 2 aromatic heterocycles. The molecular formula is C19H21N3. The van der Waals surface area contributed by atoms with E-state index >= 15 is 0 Å². The van der Waals surface area contributed by atoms with Crippen molar-refractivity contribution in [1.82, 2.24) is 14.5 Å². The monoisotopic (exact) mass is 291 g/mol. The molecule has 0 atom stereocenters. The van der Waals surface area contributed by atoms with Crippen molar-refractivity contribution in [3.8, 4) is 0 Å². The second kappa shape index (κ2) is 5.93. The predicted octanol–water partition coefficient (Wildman–Crippen LogP) is 3.68. The molecule has 1 aliphatic heterocycles. The molecule has 112 valence electrons. The first-order valence-corrected chi connectivity index (χ1v) is 8.09. The Morgan fingerprint density at radius 1 is 0.909 bits per heavy atom. The fourth-order valence-corrected chi connectivity index (χ4v) is 3.38. The molecule has 1 saturated heterocycles. The Balaban J connectivity index is 1.72. The van der Waals surface area contributed by atoms with E-state index in [-0.39, 0.29) is 0 Å². The topological polar surface area (TPSA) is 21.1 Å². The first kappa shape index (κ1) is 13.5. The van der Waals surface area contributed by atoms with Gasteiger partial charge in [-0.3, -0.25) is 4.90 Å². The van der Waals surface area contributed by atoms with E-state index in [4.69, 9.17) is 0 Å². The average Bonchev–Trinajstić information content (AvgIpc) is 3.18. The van der Waals surface area contributed by atoms with Crippen molar-refractivity contribution >= 4 is 11.0 Å². The van der Waals surface area contributed by atoms with Crippen molar-refractivity contribution in [2.45, 2.75) is 25.9 Å². The molecule has 0 unspecified atom stereocenters. The van der Waals surface area contributed by atoms with E-state index in [2.05, 4.69) is 56.9 Å². The van der Waals surface area contributed by atoms with Crippen LogP contribution in [-0.2, 0) is 13.1 Å². The van der Waals surface area contributed by atoms with Crippen molar-refractivity contribution in [3.63, 3.8) is 0 Å². The minimum absolute atomic E-state index is 0.893. The second-order valence-corrected chi connectivity index (χ2v) is 6.11. The predicted molar refractivity (Wildman–Crippen MR) is 89.8 cm³/mol. The van der Waals surface area contributed by atoms with Gasteiger partial charge in [-0.1, -0.05) is 30.3 Å². The summed E-state index contributed by atoms with van der Waals surface area (Å²) in [7, 11) is 0. The van der Waals surface area contributed by atoms with Crippen molar-refractivity contribution in [2.24, 2.45) is 0 Å². The van der Waals surface area contributed by atoms with E-state index < -0.39 is 0 Å². The molecule has 0 aliphatic carbocycles. The molecular weight excluding hydrogens is 270 g/mol. The van der Waals surface area contributed by atoms with Crippen LogP contribution in [0.3, 0.4) is 0 Å². The molecule has 3 heterocycles. The minimum atomic E-state index is 0.893. The van der Waals surface area contributed by atoms with Crippen molar-refractivity contribution < 1.29 is 0 Å². The summed E-state index contributed by atoms with van der Waals surface area (Å²) in [4.78, 5) is 7.17. The fourth-order valence-electron chi connectivity index (χ4n) is 3.38. The van der Waals surface area contributed by atoms with Gasteiger partial charge in [-0.15, -0.1) is 0 Å². The zero-order valence-electron chi connectivity index (χ0n) is 12.8. The minimum Gasteiger partial charge on any atom is -0.324 e. The van der Waals surface area contributed by atoms with E-state index in [1.54, 1.807) is 0 Å². The van der Waals surface area contributed by atoms with Gasteiger partial charge in [0.05, 0.1) is 0 Å². The Kier molecular flexibility index (Phi) is 3.65. The first-order chi connectivity index (χ1) is 10.9. The van der Waals surface area contributed by atoms with E-state index in [0.29, 0.717) is 0 Å². The summed E-state index contributed by atoms with van der Waals surface area (Å²) in [5, 5.41) is 1.24. The number of pyridine rings is 1. The number of hydrogen-bond acceptors (Lipinski definition) is 2. The Hall–Kier alpha value is -2.13. The molecule has 3 nitrogen and oxygen atoms in total. The Morgan fingerprint density at radius 3 is 2.55 bits per heavy atom. The maximum Gasteiger partial charge on any atom is 0.140 e. The highest BCUT2D eigenvalue weighted by molar-refractivity contribution is 5.77. The van der Waals surface area contributed by atoms with Gasteiger partial charge in [0.25, 0.3) is 0 Å². The molecule has 0 radical (unpaired) electrons. The Morgan fingerprint density at radius 2 is 1.73 bits per heavy atom. The lowest BCUT2D eigenvalue weighted by molar-refractivity contribution is 0.323. The van der Waals surface area contributed by atoms with Crippen LogP contribution in [0, 0.1) is 0 Å². The number of nitrogens with zero attached hydrogens (tertiary/aromatic N) is 3. The third-order valence-electron chi connectivity index (χ3n) is 4.51. The van der Waals surface area contributed by atoms with Crippen LogP contribution in [0.2, 0.25) is 0 Å². The van der Waals surface area contributed by atoms with Crippen LogP contribution < -0.4 is 0 Å². The normalized spacial score (nSPS) is 15.6. The third-order valence-corrected chi connectivity index (χ3v) is 4.51. The maximum atomic E-state index is 4.62. The van der Waals surface area contributed by atoms with Gasteiger partial charge < -0.3 is 4.57 Å². The average molecular weight is 291 g/mol. The van der Waals surface area contributed by atoms with Crippen LogP contribution in [0.5, 0.6) is 0 Å². The fraction of sp³-hybridized carbons (Fsp3) is 0.316. The zero-order valence-corrected chi connectivity index (χ0v) is 12.8. The summed E-state index contributed by atoms with van der Waals surface area (Å²) in [6.45, 7) is 4.37. The molecule has 3 aromatic rings. The number of aromatic nitrogens is 2. The van der Waals surface area contributed by atoms with Crippen molar-refractivity contribution in [3.05, 3.63) is 66.0 Å². The van der Waals surface area contributed by atoms with Gasteiger partial charge in [-0.05, 0) is 49.7 Å². The second-order valence-electron chi connectivity index (χ2n) is 6.11. The summed E-state index contributed by atoms with van der Waals surface area (Å²) < 4.78 is 2.38. The molecule has 0 spiro atoms. The van der Waals surface area contributed by atoms with Gasteiger partial charge in [0.2, 0.25) is 0 Å². The first-order valence-electron chi connectivity index (χ1n) is 8.09. The van der Waals surface area contributed by atoms with Crippen LogP contribution in [0.25, 0.3) is 11.0 Å². The lowest BCUT2D eigenvalue weighted by atomic mass is 10.2. The van der Waals surface area contributed by atoms with Crippen LogP contribution in [-0.4, -0.2) is 27.5 Å². The van der Waals surface area contributed by atoms with Gasteiger partial charge in [0.1, 0.15) is 5.65 Å². The molecule has 0 saturated carbocycles. The van der Waals surface area contributed by atoms with Crippen LogP contribution in [0.4, 0.5) is 0 Å². The van der Waals surface area contributed by atoms with Gasteiger partial charge in [0.15, 0.2) is 0 Å². The highest BCUT2D eigenvalue weighted by Gasteiger charge is 2.16. The molecule has 0 amide bonds. The molecule has 1 fully saturated rings. The molecule has 0 bridgehead atoms. The van der Waals surface area contributed by atoms with Gasteiger partial charge in [0, 0.05) is 30.4 Å². The summed E-state index contributed by atoms with van der Waals surface area (Å²) in [5.74, 6) is 0. The van der Waals surface area contributed by atoms with E-state index in [1.807, 2.05) is 12.3 Å². The number of rotatable bonds is 4. The lowest BCUT2D eigenvalue weighted by Gasteiger charge is -2.17. The number of likely N-dealkylation sites (tertiary alicyclic amines) is 1. The smallest absolute Gasteiger partial charge is 0.140 e. The number of fused-ring (bicyclic) bond motifs is 1. The molecule has 1 aromatic carbocycles. The summed E-state index contributed by atoms with van der Waals surface area (Å²) in [5.41, 5.74) is 3.80. The SMILES string of the molecule is c1ccc(Cn2c(CN3CCCC3)cc3cccnc32)cc1. The number of benzene rings is 1. The van der Waals surface area contributed by atoms with Gasteiger partial charge >= 0.3 is 0 Å². The standard InChI is InChI=1S/C19H21N3/c1-2-7-16(8-3-1)14-22-18(15-21-11-4-5-12-21)13-17-9-6-10-20-19(17)22/h1-3,6-10,13H,4-5,11-12,14-15H2. The highest BCUT2D eigenvalue weighted by atomic mass is 15.2. The van der Waals surface area contributed by atoms with E-state index in [9.17, 15) is 0 Å². The van der Waals surface area contributed by atoms with Gasteiger partial charge in [-0.25, -0.2) is 4.98 Å². The lowest BCUT2D eigenvalue weighted by Crippen LogP contribution is -2.20. The third kappa shape index (κ3) is 2.64. The van der Waals surface area contributed by atoms with Crippen LogP contribution in [0.1, 0.15) is 24.1 Å². The molecule has 3 heteroatoms. The molecule has 4 rings (SSSR count). The van der Waals surface area contributed by atoms with Crippen molar-refractivity contribution in [1.29, 1.82) is 0 Å². The maximum absolute atomic E-state index is 4.62. The highest BCUT2D eigenvalue weighted by Crippen LogP contribution is 2.22. The zero-order chi connectivity index (χ0) is 14.8. The molecule has 1 aliphatic rings. The largest absolute Gasteiger partial charge is 0.324 e. The molecule has 22 heavy (non-hydrogen) atoms. The number of hydrogen-bond donors (Lipinski definition) is 0. The van der Waals surface area contributed by atoms with E-state index in [0.717, 1.165) is 18.7 Å². The van der Waals surface area contributed by atoms with E-state index in [1.165, 1.54) is 42.6 Å².